The van der Waals surface area contributed by atoms with E-state index in [1.54, 1.807) is 16.4 Å². The van der Waals surface area contributed by atoms with E-state index in [0.29, 0.717) is 62.0 Å². The first-order valence-electron chi connectivity index (χ1n) is 18.0. The van der Waals surface area contributed by atoms with Crippen LogP contribution in [0, 0.1) is 28.6 Å². The lowest BCUT2D eigenvalue weighted by Gasteiger charge is -2.58. The molecule has 256 valence electrons. The molecule has 0 radical (unpaired) electrons. The molecule has 9 rings (SSSR count). The van der Waals surface area contributed by atoms with Crippen LogP contribution in [0.1, 0.15) is 124 Å². The highest BCUT2D eigenvalue weighted by Gasteiger charge is 2.59. The number of furan rings is 1. The summed E-state index contributed by atoms with van der Waals surface area (Å²) in [6, 6.07) is 9.33. The average molecular weight is 664 g/mol. The predicted octanol–water partition coefficient (Wildman–Crippen LogP) is 7.03. The Balaban J connectivity index is 1.27. The lowest BCUT2D eigenvalue weighted by molar-refractivity contribution is -0.0919. The SMILES string of the molecule is CC1=CCC[C@@]2(C)[C@@H](CC[C@@]2(O)CN(CC23CC4CC(CC(C4)C2)C3)S(C)(=O)=O)c2ccc(cc2C(=O)c2ccco2)C[C@@H](O)CC1. The van der Waals surface area contributed by atoms with E-state index in [0.717, 1.165) is 43.2 Å². The highest BCUT2D eigenvalue weighted by molar-refractivity contribution is 7.88. The molecule has 0 spiro atoms. The Labute approximate surface area is 280 Å². The van der Waals surface area contributed by atoms with Gasteiger partial charge in [0.1, 0.15) is 0 Å². The number of carbonyl (C=O) groups is 1. The fourth-order valence-electron chi connectivity index (χ4n) is 11.2. The molecule has 7 aliphatic rings. The summed E-state index contributed by atoms with van der Waals surface area (Å²) in [7, 11) is -3.59. The quantitative estimate of drug-likeness (QED) is 0.243. The number of hydrogen-bond acceptors (Lipinski definition) is 6. The number of allylic oxidation sites excluding steroid dienone is 2. The molecule has 0 amide bonds. The zero-order valence-corrected chi connectivity index (χ0v) is 29.2. The molecule has 1 aromatic carbocycles. The molecule has 2 N–H and O–H groups in total. The lowest BCUT2D eigenvalue weighted by Crippen LogP contribution is -2.57. The molecular weight excluding hydrogens is 610 g/mol. The van der Waals surface area contributed by atoms with Crippen molar-refractivity contribution in [1.29, 1.82) is 0 Å². The Morgan fingerprint density at radius 3 is 2.36 bits per heavy atom. The number of carbonyl (C=O) groups excluding carboxylic acids is 1. The number of aliphatic hydroxyl groups excluding tert-OH is 1. The van der Waals surface area contributed by atoms with Crippen molar-refractivity contribution in [2.24, 2.45) is 28.6 Å². The maximum Gasteiger partial charge on any atom is 0.228 e. The van der Waals surface area contributed by atoms with Gasteiger partial charge in [0.05, 0.1) is 24.2 Å². The zero-order chi connectivity index (χ0) is 33.2. The molecule has 2 aromatic rings. The maximum atomic E-state index is 14.0. The van der Waals surface area contributed by atoms with Crippen molar-refractivity contribution in [3.8, 4) is 0 Å². The second-order valence-electron chi connectivity index (χ2n) is 16.7. The summed E-state index contributed by atoms with van der Waals surface area (Å²) < 4.78 is 34.4. The summed E-state index contributed by atoms with van der Waals surface area (Å²) in [5.74, 6) is 2.02. The van der Waals surface area contributed by atoms with Gasteiger partial charge in [0.15, 0.2) is 5.76 Å². The molecule has 1 heterocycles. The van der Waals surface area contributed by atoms with Crippen molar-refractivity contribution < 1.29 is 27.8 Å². The smallest absolute Gasteiger partial charge is 0.228 e. The first kappa shape index (κ1) is 33.2. The number of fused-ring (bicyclic) bond motifs is 8. The summed E-state index contributed by atoms with van der Waals surface area (Å²) in [6.07, 6.45) is 16.1. The number of benzene rings is 1. The van der Waals surface area contributed by atoms with Gasteiger partial charge in [-0.3, -0.25) is 4.79 Å². The Kier molecular flexibility index (Phi) is 8.67. The minimum Gasteiger partial charge on any atom is -0.461 e. The molecule has 4 atom stereocenters. The second-order valence-corrected chi connectivity index (χ2v) is 18.7. The number of hydrogen-bond donors (Lipinski definition) is 2. The standard InChI is InChI=1S/C39H53NO6S/c1-26-6-4-13-37(2)34(32-11-9-27(19-31(41)10-8-26)20-33(32)36(42)35-7-5-15-46-35)12-14-39(37,43)25-40(47(3,44)45)24-38-21-28-16-29(22-38)18-30(17-28)23-38/h5-7,9,11,15,20,28-31,34,41,43H,4,8,10,12-14,16-19,21-25H2,1-3H3/t28?,29?,30?,31-,34-,37-,38?,39+/m0/s1. The van der Waals surface area contributed by atoms with Crippen molar-refractivity contribution in [2.75, 3.05) is 19.3 Å². The van der Waals surface area contributed by atoms with Gasteiger partial charge in [0, 0.05) is 24.1 Å². The van der Waals surface area contributed by atoms with Gasteiger partial charge >= 0.3 is 0 Å². The van der Waals surface area contributed by atoms with E-state index in [2.05, 4.69) is 19.9 Å². The first-order valence-corrected chi connectivity index (χ1v) is 19.8. The van der Waals surface area contributed by atoms with Crippen molar-refractivity contribution >= 4 is 15.8 Å². The summed E-state index contributed by atoms with van der Waals surface area (Å²) in [5, 5.41) is 23.8. The van der Waals surface area contributed by atoms with E-state index in [1.165, 1.54) is 37.4 Å². The Morgan fingerprint density at radius 2 is 1.72 bits per heavy atom. The summed E-state index contributed by atoms with van der Waals surface area (Å²) >= 11 is 0. The summed E-state index contributed by atoms with van der Waals surface area (Å²) in [5.41, 5.74) is 1.56. The van der Waals surface area contributed by atoms with E-state index in [4.69, 9.17) is 4.42 Å². The van der Waals surface area contributed by atoms with Crippen LogP contribution >= 0.6 is 0 Å². The molecule has 0 unspecified atom stereocenters. The van der Waals surface area contributed by atoms with Crippen molar-refractivity contribution in [3.05, 3.63) is 70.7 Å². The first-order chi connectivity index (χ1) is 22.3. The van der Waals surface area contributed by atoms with Crippen LogP contribution in [0.3, 0.4) is 0 Å². The van der Waals surface area contributed by atoms with Crippen LogP contribution in [-0.2, 0) is 16.4 Å². The van der Waals surface area contributed by atoms with E-state index < -0.39 is 27.1 Å². The highest BCUT2D eigenvalue weighted by atomic mass is 32.2. The number of ketones is 1. The zero-order valence-electron chi connectivity index (χ0n) is 28.4. The second kappa shape index (κ2) is 12.3. The van der Waals surface area contributed by atoms with Crippen LogP contribution < -0.4 is 0 Å². The number of sulfonamides is 1. The van der Waals surface area contributed by atoms with E-state index in [-0.39, 0.29) is 29.4 Å². The molecule has 0 aliphatic heterocycles. The molecule has 6 bridgehead atoms. The van der Waals surface area contributed by atoms with Crippen LogP contribution in [0.4, 0.5) is 0 Å². The fraction of sp³-hybridized carbons (Fsp3) is 0.667. The van der Waals surface area contributed by atoms with Gasteiger partial charge in [-0.1, -0.05) is 30.7 Å². The fourth-order valence-corrected chi connectivity index (χ4v) is 12.1. The minimum atomic E-state index is -3.59. The van der Waals surface area contributed by atoms with Gasteiger partial charge < -0.3 is 14.6 Å². The number of aliphatic hydroxyl groups is 2. The maximum absolute atomic E-state index is 14.0. The van der Waals surface area contributed by atoms with Crippen molar-refractivity contribution in [2.45, 2.75) is 115 Å². The predicted molar refractivity (Wildman–Crippen MR) is 183 cm³/mol. The lowest BCUT2D eigenvalue weighted by atomic mass is 9.49. The van der Waals surface area contributed by atoms with Crippen LogP contribution in [0.25, 0.3) is 0 Å². The number of nitrogens with zero attached hydrogens (tertiary/aromatic N) is 1. The Bertz CT molecular complexity index is 1590. The molecule has 5 saturated carbocycles. The van der Waals surface area contributed by atoms with Gasteiger partial charge in [0.2, 0.25) is 15.8 Å². The average Bonchev–Trinajstić information content (AvgIpc) is 3.61. The third-order valence-corrected chi connectivity index (χ3v) is 14.4. The third kappa shape index (κ3) is 6.33. The van der Waals surface area contributed by atoms with Gasteiger partial charge in [-0.05, 0) is 149 Å². The van der Waals surface area contributed by atoms with E-state index >= 15 is 0 Å². The van der Waals surface area contributed by atoms with Crippen molar-refractivity contribution in [3.63, 3.8) is 0 Å². The molecule has 7 nitrogen and oxygen atoms in total. The van der Waals surface area contributed by atoms with Gasteiger partial charge in [0.25, 0.3) is 0 Å². The summed E-state index contributed by atoms with van der Waals surface area (Å²) in [6.45, 7) is 4.81. The molecule has 7 aliphatic carbocycles. The Morgan fingerprint density at radius 1 is 1.02 bits per heavy atom. The largest absolute Gasteiger partial charge is 0.461 e. The molecule has 0 saturated heterocycles. The molecule has 5 fully saturated rings. The number of rotatable bonds is 7. The molecular formula is C39H53NO6S. The van der Waals surface area contributed by atoms with Gasteiger partial charge in [-0.25, -0.2) is 8.42 Å². The van der Waals surface area contributed by atoms with Crippen LogP contribution in [0.2, 0.25) is 0 Å². The normalized spacial score (nSPS) is 37.1. The van der Waals surface area contributed by atoms with Crippen LogP contribution in [0.5, 0.6) is 0 Å². The molecule has 1 aromatic heterocycles. The molecule has 8 heteroatoms. The van der Waals surface area contributed by atoms with E-state index in [9.17, 15) is 23.4 Å². The van der Waals surface area contributed by atoms with Crippen LogP contribution in [-0.4, -0.2) is 59.8 Å². The van der Waals surface area contributed by atoms with E-state index in [1.807, 2.05) is 18.2 Å². The van der Waals surface area contributed by atoms with Crippen molar-refractivity contribution in [1.82, 2.24) is 4.31 Å². The topological polar surface area (TPSA) is 108 Å². The van der Waals surface area contributed by atoms with Gasteiger partial charge in [-0.15, -0.1) is 0 Å². The minimum absolute atomic E-state index is 0.0131. The summed E-state index contributed by atoms with van der Waals surface area (Å²) in [4.78, 5) is 14.0. The third-order valence-electron chi connectivity index (χ3n) is 13.2. The van der Waals surface area contributed by atoms with Crippen LogP contribution in [0.15, 0.2) is 52.7 Å². The molecule has 47 heavy (non-hydrogen) atoms. The Hall–Kier alpha value is -2.26. The highest BCUT2D eigenvalue weighted by Crippen LogP contribution is 2.62. The van der Waals surface area contributed by atoms with Gasteiger partial charge in [-0.2, -0.15) is 4.31 Å². The monoisotopic (exact) mass is 663 g/mol.